The summed E-state index contributed by atoms with van der Waals surface area (Å²) >= 11 is 0. The highest BCUT2D eigenvalue weighted by molar-refractivity contribution is 7.47. The van der Waals surface area contributed by atoms with Crippen molar-refractivity contribution in [2.24, 2.45) is 0 Å². The van der Waals surface area contributed by atoms with E-state index in [9.17, 15) is 44.9 Å². The molecular weight excluding hydrogens is 773 g/mol. The summed E-state index contributed by atoms with van der Waals surface area (Å²) in [5.41, 5.74) is 0. The molecule has 9 atom stereocenters. The minimum absolute atomic E-state index is 0.243. The number of hydrogen-bond donors (Lipinski definition) is 8. The van der Waals surface area contributed by atoms with Gasteiger partial charge in [0.1, 0.15) is 36.6 Å². The van der Waals surface area contributed by atoms with Crippen molar-refractivity contribution in [2.75, 3.05) is 6.61 Å². The van der Waals surface area contributed by atoms with E-state index < -0.39 is 63.2 Å². The molecule has 0 aromatic rings. The summed E-state index contributed by atoms with van der Waals surface area (Å²) in [4.78, 5) is 23.4. The van der Waals surface area contributed by atoms with Gasteiger partial charge in [0, 0.05) is 6.42 Å². The molecule has 1 aliphatic rings. The number of phosphoric ester groups is 1. The SMILES string of the molecule is CCCCCCCCCCCCCCCCCCCC(=O)N[C@@H](COP(=O)(O)OC1[C@H](O)[C@H](O)C(O)[C@H](O)[C@H]1O)[C@H](O)CCCCCCCCCCCCCCCCC. The second-order valence-corrected chi connectivity index (χ2v) is 19.1. The number of aliphatic hydroxyl groups is 6. The first kappa shape index (κ1) is 56.4. The van der Waals surface area contributed by atoms with Crippen molar-refractivity contribution in [2.45, 2.75) is 281 Å². The van der Waals surface area contributed by atoms with Crippen LogP contribution >= 0.6 is 7.82 Å². The maximum Gasteiger partial charge on any atom is 0.472 e. The molecule has 1 amide bonds. The van der Waals surface area contributed by atoms with Crippen LogP contribution in [0, 0.1) is 0 Å². The van der Waals surface area contributed by atoms with Crippen LogP contribution in [0.25, 0.3) is 0 Å². The second-order valence-electron chi connectivity index (χ2n) is 17.7. The molecule has 0 radical (unpaired) electrons. The van der Waals surface area contributed by atoms with E-state index in [1.807, 2.05) is 0 Å². The van der Waals surface area contributed by atoms with E-state index in [1.165, 1.54) is 154 Å². The van der Waals surface area contributed by atoms with Crippen LogP contribution in [0.15, 0.2) is 0 Å². The quantitative estimate of drug-likeness (QED) is 0.0215. The fourth-order valence-corrected chi connectivity index (χ4v) is 9.11. The van der Waals surface area contributed by atoms with Crippen LogP contribution in [-0.2, 0) is 18.4 Å². The molecule has 0 heterocycles. The maximum absolute atomic E-state index is 13.0. The molecule has 0 aromatic heterocycles. The molecule has 1 fully saturated rings. The van der Waals surface area contributed by atoms with E-state index in [0.29, 0.717) is 19.3 Å². The Bertz CT molecular complexity index is 1010. The Hall–Kier alpha value is -0.660. The maximum atomic E-state index is 13.0. The number of unbranched alkanes of at least 4 members (excludes halogenated alkanes) is 30. The molecule has 0 saturated heterocycles. The molecule has 8 N–H and O–H groups in total. The van der Waals surface area contributed by atoms with E-state index in [1.54, 1.807) is 0 Å². The van der Waals surface area contributed by atoms with Crippen LogP contribution in [0.2, 0.25) is 0 Å². The lowest BCUT2D eigenvalue weighted by Gasteiger charge is -2.41. The first-order chi connectivity index (χ1) is 28.4. The number of nitrogens with one attached hydrogen (secondary N) is 1. The summed E-state index contributed by atoms with van der Waals surface area (Å²) < 4.78 is 23.0. The smallest absolute Gasteiger partial charge is 0.391 e. The molecule has 1 aliphatic carbocycles. The Kier molecular flexibility index (Phi) is 35.1. The average Bonchev–Trinajstić information content (AvgIpc) is 3.22. The van der Waals surface area contributed by atoms with Crippen LogP contribution in [0.5, 0.6) is 0 Å². The molecule has 12 nitrogen and oxygen atoms in total. The van der Waals surface area contributed by atoms with Crippen LogP contribution in [0.3, 0.4) is 0 Å². The van der Waals surface area contributed by atoms with Gasteiger partial charge in [0.05, 0.1) is 18.8 Å². The number of carbonyl (C=O) groups excluding carboxylic acids is 1. The largest absolute Gasteiger partial charge is 0.472 e. The molecule has 1 rings (SSSR count). The predicted molar refractivity (Wildman–Crippen MR) is 237 cm³/mol. The van der Waals surface area contributed by atoms with Gasteiger partial charge >= 0.3 is 7.82 Å². The Labute approximate surface area is 359 Å². The second kappa shape index (κ2) is 36.8. The van der Waals surface area contributed by atoms with Gasteiger partial charge in [-0.05, 0) is 12.8 Å². The highest BCUT2D eigenvalue weighted by Crippen LogP contribution is 2.47. The normalized spacial score (nSPS) is 22.9. The minimum Gasteiger partial charge on any atom is -0.391 e. The van der Waals surface area contributed by atoms with Gasteiger partial charge in [0.25, 0.3) is 0 Å². The van der Waals surface area contributed by atoms with Gasteiger partial charge in [-0.2, -0.15) is 0 Å². The van der Waals surface area contributed by atoms with Crippen LogP contribution in [-0.4, -0.2) is 96.8 Å². The number of hydrogen-bond acceptors (Lipinski definition) is 10. The Morgan fingerprint density at radius 1 is 0.508 bits per heavy atom. The van der Waals surface area contributed by atoms with E-state index in [0.717, 1.165) is 38.5 Å². The van der Waals surface area contributed by atoms with Crippen molar-refractivity contribution in [1.82, 2.24) is 5.32 Å². The standard InChI is InChI=1S/C46H92NO11P/c1-3-5-7-9-11-13-15-17-19-20-22-24-26-28-30-32-34-36-40(49)47-38(37-57-59(55,56)58-46-44(53)42(51)41(50)43(52)45(46)54)39(48)35-33-31-29-27-25-23-21-18-16-14-12-10-8-6-4-2/h38-39,41-46,48,50-54H,3-37H2,1-2H3,(H,47,49)(H,55,56)/t38-,39+,41?,42-,43+,44+,45+,46?/m0/s1. The Balaban J connectivity index is 2.43. The third-order valence-corrected chi connectivity index (χ3v) is 13.2. The fourth-order valence-electron chi connectivity index (χ4n) is 8.14. The molecular formula is C46H92NO11P. The van der Waals surface area contributed by atoms with Crippen molar-refractivity contribution in [3.8, 4) is 0 Å². The number of phosphoric acid groups is 1. The monoisotopic (exact) mass is 866 g/mol. The molecule has 0 spiro atoms. The molecule has 0 aliphatic heterocycles. The Morgan fingerprint density at radius 3 is 1.17 bits per heavy atom. The lowest BCUT2D eigenvalue weighted by atomic mass is 9.85. The summed E-state index contributed by atoms with van der Waals surface area (Å²) in [6, 6.07) is -1.02. The minimum atomic E-state index is -5.05. The molecule has 1 saturated carbocycles. The van der Waals surface area contributed by atoms with Crippen LogP contribution in [0.1, 0.15) is 232 Å². The molecule has 0 bridgehead atoms. The number of carbonyl (C=O) groups is 1. The highest BCUT2D eigenvalue weighted by atomic mass is 31.2. The number of aliphatic hydroxyl groups excluding tert-OH is 6. The first-order valence-electron chi connectivity index (χ1n) is 24.5. The third-order valence-electron chi connectivity index (χ3n) is 12.2. The molecule has 59 heavy (non-hydrogen) atoms. The van der Waals surface area contributed by atoms with Gasteiger partial charge in [0.15, 0.2) is 0 Å². The lowest BCUT2D eigenvalue weighted by Crippen LogP contribution is -2.64. The Morgan fingerprint density at radius 2 is 0.814 bits per heavy atom. The van der Waals surface area contributed by atoms with Crippen LogP contribution < -0.4 is 5.32 Å². The van der Waals surface area contributed by atoms with E-state index in [4.69, 9.17) is 9.05 Å². The zero-order chi connectivity index (χ0) is 43.6. The van der Waals surface area contributed by atoms with E-state index in [2.05, 4.69) is 19.2 Å². The molecule has 13 heteroatoms. The molecule has 352 valence electrons. The van der Waals surface area contributed by atoms with Crippen molar-refractivity contribution in [3.63, 3.8) is 0 Å². The third kappa shape index (κ3) is 28.6. The number of rotatable bonds is 41. The van der Waals surface area contributed by atoms with E-state index in [-0.39, 0.29) is 12.3 Å². The fraction of sp³-hybridized carbons (Fsp3) is 0.978. The van der Waals surface area contributed by atoms with Gasteiger partial charge in [-0.25, -0.2) is 4.57 Å². The van der Waals surface area contributed by atoms with Gasteiger partial charge in [-0.1, -0.05) is 213 Å². The van der Waals surface area contributed by atoms with Crippen LogP contribution in [0.4, 0.5) is 0 Å². The summed E-state index contributed by atoms with van der Waals surface area (Å²) in [6.45, 7) is 3.91. The first-order valence-corrected chi connectivity index (χ1v) is 26.0. The van der Waals surface area contributed by atoms with E-state index >= 15 is 0 Å². The topological polar surface area (TPSA) is 206 Å². The van der Waals surface area contributed by atoms with Crippen molar-refractivity contribution >= 4 is 13.7 Å². The van der Waals surface area contributed by atoms with Crippen molar-refractivity contribution in [1.29, 1.82) is 0 Å². The average molecular weight is 866 g/mol. The summed E-state index contributed by atoms with van der Waals surface area (Å²) in [7, 11) is -5.05. The van der Waals surface area contributed by atoms with Gasteiger partial charge in [0.2, 0.25) is 5.91 Å². The molecule has 3 unspecified atom stereocenters. The highest BCUT2D eigenvalue weighted by Gasteiger charge is 2.51. The lowest BCUT2D eigenvalue weighted by molar-refractivity contribution is -0.220. The summed E-state index contributed by atoms with van der Waals surface area (Å²) in [5, 5.41) is 64.2. The zero-order valence-corrected chi connectivity index (χ0v) is 38.5. The summed E-state index contributed by atoms with van der Waals surface area (Å²) in [5.74, 6) is -0.304. The zero-order valence-electron chi connectivity index (χ0n) is 37.6. The molecule has 0 aromatic carbocycles. The van der Waals surface area contributed by atoms with Crippen molar-refractivity contribution in [3.05, 3.63) is 0 Å². The van der Waals surface area contributed by atoms with Crippen molar-refractivity contribution < 1.29 is 53.9 Å². The number of amides is 1. The summed E-state index contributed by atoms with van der Waals surface area (Å²) in [6.07, 6.45) is 27.0. The van der Waals surface area contributed by atoms with Gasteiger partial charge < -0.3 is 40.8 Å². The van der Waals surface area contributed by atoms with Gasteiger partial charge in [-0.3, -0.25) is 13.8 Å². The van der Waals surface area contributed by atoms with Gasteiger partial charge in [-0.15, -0.1) is 0 Å². The predicted octanol–water partition coefficient (Wildman–Crippen LogP) is 9.46.